The van der Waals surface area contributed by atoms with Crippen molar-refractivity contribution in [2.75, 3.05) is 13.7 Å². The Balaban J connectivity index is 2.93. The lowest BCUT2D eigenvalue weighted by Gasteiger charge is -2.09. The van der Waals surface area contributed by atoms with Gasteiger partial charge in [0.05, 0.1) is 6.61 Å². The first-order chi connectivity index (χ1) is 8.04. The van der Waals surface area contributed by atoms with E-state index < -0.39 is 5.97 Å². The fraction of sp³-hybridized carbons (Fsp3) is 0.250. The predicted molar refractivity (Wildman–Crippen MR) is 72.1 cm³/mol. The second-order valence-electron chi connectivity index (χ2n) is 3.34. The molecule has 92 valence electrons. The van der Waals surface area contributed by atoms with Gasteiger partial charge in [0.25, 0.3) is 0 Å². The Hall–Kier alpha value is -1.08. The molecular formula is C12H13IO4. The summed E-state index contributed by atoms with van der Waals surface area (Å²) >= 11 is 2.14. The maximum Gasteiger partial charge on any atom is 0.371 e. The van der Waals surface area contributed by atoms with Crippen LogP contribution >= 0.6 is 22.6 Å². The van der Waals surface area contributed by atoms with E-state index in [0.717, 1.165) is 9.13 Å². The molecule has 0 aliphatic carbocycles. The molecule has 0 unspecified atom stereocenters. The third-order valence-electron chi connectivity index (χ3n) is 2.02. The number of hydrogen-bond acceptors (Lipinski definition) is 3. The van der Waals surface area contributed by atoms with Gasteiger partial charge in [0.15, 0.2) is 0 Å². The Bertz CT molecular complexity index is 440. The van der Waals surface area contributed by atoms with Crippen molar-refractivity contribution < 1.29 is 19.4 Å². The molecular weight excluding hydrogens is 335 g/mol. The van der Waals surface area contributed by atoms with Crippen LogP contribution in [-0.4, -0.2) is 24.8 Å². The van der Waals surface area contributed by atoms with Crippen molar-refractivity contribution in [1.82, 2.24) is 0 Å². The van der Waals surface area contributed by atoms with Gasteiger partial charge < -0.3 is 14.6 Å². The van der Waals surface area contributed by atoms with Gasteiger partial charge >= 0.3 is 5.97 Å². The smallest absolute Gasteiger partial charge is 0.371 e. The number of aliphatic carboxylic acids is 1. The summed E-state index contributed by atoms with van der Waals surface area (Å²) in [7, 11) is 1.49. The molecule has 0 heterocycles. The van der Waals surface area contributed by atoms with E-state index in [2.05, 4.69) is 22.6 Å². The third-order valence-corrected chi connectivity index (χ3v) is 2.69. The molecule has 0 aliphatic heterocycles. The lowest BCUT2D eigenvalue weighted by atomic mass is 10.2. The molecule has 0 saturated heterocycles. The summed E-state index contributed by atoms with van der Waals surface area (Å²) in [6.07, 6.45) is 1.39. The van der Waals surface area contributed by atoms with Gasteiger partial charge in [-0.3, -0.25) is 0 Å². The SMILES string of the molecule is COC/C=C(\Oc1cc(I)ccc1C)C(=O)O. The molecule has 4 nitrogen and oxygen atoms in total. The molecule has 1 aromatic carbocycles. The summed E-state index contributed by atoms with van der Waals surface area (Å²) in [4.78, 5) is 11.0. The number of ether oxygens (including phenoxy) is 2. The number of rotatable bonds is 5. The molecule has 0 aromatic heterocycles. The topological polar surface area (TPSA) is 55.8 Å². The van der Waals surface area contributed by atoms with Crippen LogP contribution in [-0.2, 0) is 9.53 Å². The molecule has 0 fully saturated rings. The zero-order valence-electron chi connectivity index (χ0n) is 9.57. The van der Waals surface area contributed by atoms with E-state index in [1.54, 1.807) is 6.07 Å². The fourth-order valence-corrected chi connectivity index (χ4v) is 1.60. The Morgan fingerprint density at radius 1 is 1.53 bits per heavy atom. The van der Waals surface area contributed by atoms with E-state index in [-0.39, 0.29) is 12.4 Å². The minimum atomic E-state index is -1.11. The molecule has 0 amide bonds. The first-order valence-electron chi connectivity index (χ1n) is 4.91. The normalized spacial score (nSPS) is 11.4. The number of methoxy groups -OCH3 is 1. The average molecular weight is 348 g/mol. The van der Waals surface area contributed by atoms with Crippen molar-refractivity contribution >= 4 is 28.6 Å². The minimum Gasteiger partial charge on any atom is -0.475 e. The van der Waals surface area contributed by atoms with E-state index in [9.17, 15) is 4.79 Å². The highest BCUT2D eigenvalue weighted by Gasteiger charge is 2.11. The number of benzene rings is 1. The van der Waals surface area contributed by atoms with Gasteiger partial charge in [0, 0.05) is 10.7 Å². The van der Waals surface area contributed by atoms with Gasteiger partial charge in [-0.15, -0.1) is 0 Å². The molecule has 1 aromatic rings. The second-order valence-corrected chi connectivity index (χ2v) is 4.59. The van der Waals surface area contributed by atoms with Gasteiger partial charge in [-0.05, 0) is 53.3 Å². The van der Waals surface area contributed by atoms with E-state index in [1.807, 2.05) is 19.1 Å². The van der Waals surface area contributed by atoms with Crippen LogP contribution in [0.1, 0.15) is 5.56 Å². The van der Waals surface area contributed by atoms with E-state index in [4.69, 9.17) is 14.6 Å². The highest BCUT2D eigenvalue weighted by molar-refractivity contribution is 14.1. The van der Waals surface area contributed by atoms with Crippen molar-refractivity contribution in [3.8, 4) is 5.75 Å². The molecule has 17 heavy (non-hydrogen) atoms. The van der Waals surface area contributed by atoms with Crippen molar-refractivity contribution in [1.29, 1.82) is 0 Å². The van der Waals surface area contributed by atoms with Gasteiger partial charge in [-0.25, -0.2) is 4.79 Å². The van der Waals surface area contributed by atoms with Crippen LogP contribution in [0.2, 0.25) is 0 Å². The highest BCUT2D eigenvalue weighted by Crippen LogP contribution is 2.22. The summed E-state index contributed by atoms with van der Waals surface area (Å²) < 4.78 is 11.1. The second kappa shape index (κ2) is 6.61. The quantitative estimate of drug-likeness (QED) is 0.505. The van der Waals surface area contributed by atoms with Crippen molar-refractivity contribution in [2.24, 2.45) is 0 Å². The monoisotopic (exact) mass is 348 g/mol. The third kappa shape index (κ3) is 4.35. The zero-order valence-corrected chi connectivity index (χ0v) is 11.7. The van der Waals surface area contributed by atoms with Crippen LogP contribution in [0.3, 0.4) is 0 Å². The van der Waals surface area contributed by atoms with Crippen LogP contribution in [0.15, 0.2) is 30.0 Å². The standard InChI is InChI=1S/C12H13IO4/c1-8-3-4-9(13)7-11(8)17-10(12(14)15)5-6-16-2/h3-5,7H,6H2,1-2H3,(H,14,15)/b10-5-. The van der Waals surface area contributed by atoms with Crippen LogP contribution in [0, 0.1) is 10.5 Å². The first kappa shape index (κ1) is 14.0. The molecule has 5 heteroatoms. The maximum absolute atomic E-state index is 11.0. The van der Waals surface area contributed by atoms with Crippen molar-refractivity contribution in [2.45, 2.75) is 6.92 Å². The van der Waals surface area contributed by atoms with Gasteiger partial charge in [0.2, 0.25) is 5.76 Å². The first-order valence-corrected chi connectivity index (χ1v) is 5.99. The van der Waals surface area contributed by atoms with E-state index in [1.165, 1.54) is 13.2 Å². The summed E-state index contributed by atoms with van der Waals surface area (Å²) in [6, 6.07) is 5.61. The summed E-state index contributed by atoms with van der Waals surface area (Å²) in [5.41, 5.74) is 0.884. The summed E-state index contributed by atoms with van der Waals surface area (Å²) in [5, 5.41) is 8.97. The summed E-state index contributed by atoms with van der Waals surface area (Å²) in [6.45, 7) is 2.06. The fourth-order valence-electron chi connectivity index (χ4n) is 1.13. The Labute approximate surface area is 113 Å². The number of hydrogen-bond donors (Lipinski definition) is 1. The van der Waals surface area contributed by atoms with Crippen LogP contribution in [0.25, 0.3) is 0 Å². The molecule has 0 spiro atoms. The number of carboxylic acids is 1. The lowest BCUT2D eigenvalue weighted by molar-refractivity contribution is -0.135. The molecule has 1 rings (SSSR count). The van der Waals surface area contributed by atoms with Gasteiger partial charge in [-0.1, -0.05) is 6.07 Å². The largest absolute Gasteiger partial charge is 0.475 e. The Morgan fingerprint density at radius 2 is 2.24 bits per heavy atom. The Kier molecular flexibility index (Phi) is 5.43. The molecule has 0 aliphatic rings. The van der Waals surface area contributed by atoms with E-state index >= 15 is 0 Å². The minimum absolute atomic E-state index is 0.128. The number of carbonyl (C=O) groups is 1. The van der Waals surface area contributed by atoms with Crippen molar-refractivity contribution in [3.63, 3.8) is 0 Å². The van der Waals surface area contributed by atoms with Crippen LogP contribution < -0.4 is 4.74 Å². The molecule has 0 bridgehead atoms. The lowest BCUT2D eigenvalue weighted by Crippen LogP contribution is -2.09. The van der Waals surface area contributed by atoms with Gasteiger partial charge in [0.1, 0.15) is 5.75 Å². The van der Waals surface area contributed by atoms with Crippen LogP contribution in [0.5, 0.6) is 5.75 Å². The van der Waals surface area contributed by atoms with Crippen molar-refractivity contribution in [3.05, 3.63) is 39.2 Å². The predicted octanol–water partition coefficient (Wildman–Crippen LogP) is 2.59. The number of halogens is 1. The number of aryl methyl sites for hydroxylation is 1. The summed E-state index contributed by atoms with van der Waals surface area (Å²) in [5.74, 6) is -0.695. The molecule has 0 atom stereocenters. The average Bonchev–Trinajstić information content (AvgIpc) is 2.28. The van der Waals surface area contributed by atoms with Crippen LogP contribution in [0.4, 0.5) is 0 Å². The maximum atomic E-state index is 11.0. The molecule has 0 radical (unpaired) electrons. The number of carboxylic acid groups (broad SMARTS) is 1. The zero-order chi connectivity index (χ0) is 12.8. The molecule has 1 N–H and O–H groups in total. The Morgan fingerprint density at radius 3 is 2.82 bits per heavy atom. The molecule has 0 saturated carbocycles. The van der Waals surface area contributed by atoms with E-state index in [0.29, 0.717) is 5.75 Å². The van der Waals surface area contributed by atoms with Gasteiger partial charge in [-0.2, -0.15) is 0 Å². The highest BCUT2D eigenvalue weighted by atomic mass is 127.